The van der Waals surface area contributed by atoms with Crippen LogP contribution in [0.2, 0.25) is 0 Å². The van der Waals surface area contributed by atoms with Crippen LogP contribution in [-0.4, -0.2) is 11.8 Å². The van der Waals surface area contributed by atoms with E-state index in [0.717, 1.165) is 0 Å². The van der Waals surface area contributed by atoms with Crippen LogP contribution in [0, 0.1) is 11.3 Å². The van der Waals surface area contributed by atoms with Gasteiger partial charge in [0, 0.05) is 11.6 Å². The number of hydrogen-bond acceptors (Lipinski definition) is 1. The summed E-state index contributed by atoms with van der Waals surface area (Å²) in [5.74, 6) is 0.664. The summed E-state index contributed by atoms with van der Waals surface area (Å²) < 4.78 is 0. The fourth-order valence-corrected chi connectivity index (χ4v) is 1.89. The van der Waals surface area contributed by atoms with Gasteiger partial charge in [-0.2, -0.15) is 0 Å². The first-order valence-corrected chi connectivity index (χ1v) is 6.04. The van der Waals surface area contributed by atoms with E-state index in [0.29, 0.717) is 5.92 Å². The average molecular weight is 207 g/mol. The first kappa shape index (κ1) is 12.5. The molecule has 0 fully saturated rings. The lowest BCUT2D eigenvalue weighted by Gasteiger charge is -2.31. The van der Waals surface area contributed by atoms with Crippen LogP contribution in [0.1, 0.15) is 53.9 Å². The quantitative estimate of drug-likeness (QED) is 0.474. The van der Waals surface area contributed by atoms with Gasteiger partial charge in [0.05, 0.1) is 5.54 Å². The SMILES string of the molecule is CC(C)(C)N=CC(C)(C)C1C=CCCC1. The van der Waals surface area contributed by atoms with E-state index in [1.807, 2.05) is 0 Å². The molecule has 0 amide bonds. The van der Waals surface area contributed by atoms with Crippen molar-refractivity contribution in [2.24, 2.45) is 16.3 Å². The van der Waals surface area contributed by atoms with Gasteiger partial charge < -0.3 is 0 Å². The van der Waals surface area contributed by atoms with Gasteiger partial charge in [0.2, 0.25) is 0 Å². The minimum absolute atomic E-state index is 0.0512. The van der Waals surface area contributed by atoms with Gasteiger partial charge in [-0.25, -0.2) is 0 Å². The Kier molecular flexibility index (Phi) is 3.75. The summed E-state index contributed by atoms with van der Waals surface area (Å²) in [5.41, 5.74) is 0.250. The average Bonchev–Trinajstić information content (AvgIpc) is 2.16. The second kappa shape index (κ2) is 4.51. The van der Waals surface area contributed by atoms with E-state index in [-0.39, 0.29) is 11.0 Å². The van der Waals surface area contributed by atoms with Crippen molar-refractivity contribution in [2.45, 2.75) is 59.4 Å². The van der Waals surface area contributed by atoms with Crippen LogP contribution in [0.4, 0.5) is 0 Å². The molecule has 0 bridgehead atoms. The van der Waals surface area contributed by atoms with Crippen LogP contribution in [0.3, 0.4) is 0 Å². The number of allylic oxidation sites excluding steroid dienone is 2. The van der Waals surface area contributed by atoms with Crippen molar-refractivity contribution in [2.75, 3.05) is 0 Å². The molecule has 0 aromatic rings. The zero-order chi connectivity index (χ0) is 11.5. The predicted octanol–water partition coefficient (Wildman–Crippen LogP) is 4.24. The molecule has 86 valence electrons. The smallest absolute Gasteiger partial charge is 0.0520 e. The minimum Gasteiger partial charge on any atom is -0.291 e. The Labute approximate surface area is 94.7 Å². The standard InChI is InChI=1S/C14H25N/c1-13(2,3)15-11-14(4,5)12-9-7-6-8-10-12/h7,9,11-12H,6,8,10H2,1-5H3. The molecule has 0 spiro atoms. The second-order valence-electron chi connectivity index (χ2n) is 6.22. The molecule has 15 heavy (non-hydrogen) atoms. The molecule has 1 heteroatoms. The lowest BCUT2D eigenvalue weighted by molar-refractivity contribution is 0.342. The van der Waals surface area contributed by atoms with Gasteiger partial charge in [-0.1, -0.05) is 26.0 Å². The molecule has 0 saturated heterocycles. The molecular formula is C14H25N. The normalized spacial score (nSPS) is 23.7. The van der Waals surface area contributed by atoms with Crippen LogP contribution in [0.25, 0.3) is 0 Å². The minimum atomic E-state index is 0.0512. The van der Waals surface area contributed by atoms with Gasteiger partial charge in [0.25, 0.3) is 0 Å². The third kappa shape index (κ3) is 4.19. The molecule has 1 aliphatic carbocycles. The van der Waals surface area contributed by atoms with Gasteiger partial charge in [-0.05, 0) is 46.0 Å². The third-order valence-corrected chi connectivity index (χ3v) is 2.99. The first-order valence-electron chi connectivity index (χ1n) is 6.04. The van der Waals surface area contributed by atoms with Crippen molar-refractivity contribution in [1.82, 2.24) is 0 Å². The first-order chi connectivity index (χ1) is 6.81. The summed E-state index contributed by atoms with van der Waals surface area (Å²) in [6.07, 6.45) is 10.7. The maximum atomic E-state index is 4.64. The van der Waals surface area contributed by atoms with E-state index in [4.69, 9.17) is 0 Å². The van der Waals surface area contributed by atoms with Crippen molar-refractivity contribution < 1.29 is 0 Å². The number of hydrogen-bond donors (Lipinski definition) is 0. The molecule has 0 aromatic carbocycles. The molecule has 1 atom stereocenters. The molecule has 0 aromatic heterocycles. The summed E-state index contributed by atoms with van der Waals surface area (Å²) in [5, 5.41) is 0. The monoisotopic (exact) mass is 207 g/mol. The van der Waals surface area contributed by atoms with Crippen LogP contribution >= 0.6 is 0 Å². The molecule has 0 radical (unpaired) electrons. The fraction of sp³-hybridized carbons (Fsp3) is 0.786. The van der Waals surface area contributed by atoms with Crippen molar-refractivity contribution in [3.8, 4) is 0 Å². The fourth-order valence-electron chi connectivity index (χ4n) is 1.89. The Morgan fingerprint density at radius 3 is 2.33 bits per heavy atom. The summed E-state index contributed by atoms with van der Waals surface area (Å²) in [6.45, 7) is 11.0. The highest BCUT2D eigenvalue weighted by atomic mass is 14.8. The van der Waals surface area contributed by atoms with E-state index in [1.54, 1.807) is 0 Å². The lowest BCUT2D eigenvalue weighted by Crippen LogP contribution is -2.27. The molecule has 0 saturated carbocycles. The topological polar surface area (TPSA) is 12.4 Å². The highest BCUT2D eigenvalue weighted by Crippen LogP contribution is 2.33. The largest absolute Gasteiger partial charge is 0.291 e. The molecular weight excluding hydrogens is 182 g/mol. The van der Waals surface area contributed by atoms with Gasteiger partial charge in [-0.3, -0.25) is 4.99 Å². The van der Waals surface area contributed by atoms with Gasteiger partial charge in [0.15, 0.2) is 0 Å². The number of aliphatic imine (C=N–C) groups is 1. The predicted molar refractivity (Wildman–Crippen MR) is 68.5 cm³/mol. The summed E-state index contributed by atoms with van der Waals surface area (Å²) in [7, 11) is 0. The zero-order valence-corrected chi connectivity index (χ0v) is 10.9. The van der Waals surface area contributed by atoms with Gasteiger partial charge in [0.1, 0.15) is 0 Å². The number of nitrogens with zero attached hydrogens (tertiary/aromatic N) is 1. The maximum absolute atomic E-state index is 4.64. The Morgan fingerprint density at radius 2 is 1.87 bits per heavy atom. The zero-order valence-electron chi connectivity index (χ0n) is 10.9. The van der Waals surface area contributed by atoms with Crippen molar-refractivity contribution in [3.63, 3.8) is 0 Å². The lowest BCUT2D eigenvalue weighted by atomic mass is 9.75. The van der Waals surface area contributed by atoms with Crippen LogP contribution in [0.15, 0.2) is 17.1 Å². The molecule has 1 unspecified atom stereocenters. The Hall–Kier alpha value is -0.590. The van der Waals surface area contributed by atoms with E-state index in [9.17, 15) is 0 Å². The molecule has 1 nitrogen and oxygen atoms in total. The summed E-state index contributed by atoms with van der Waals surface area (Å²) >= 11 is 0. The van der Waals surface area contributed by atoms with E-state index >= 15 is 0 Å². The van der Waals surface area contributed by atoms with Gasteiger partial charge >= 0.3 is 0 Å². The Morgan fingerprint density at radius 1 is 1.20 bits per heavy atom. The highest BCUT2D eigenvalue weighted by Gasteiger charge is 2.27. The summed E-state index contributed by atoms with van der Waals surface area (Å²) in [6, 6.07) is 0. The maximum Gasteiger partial charge on any atom is 0.0520 e. The Bertz CT molecular complexity index is 253. The number of rotatable bonds is 2. The molecule has 1 aliphatic rings. The van der Waals surface area contributed by atoms with E-state index in [2.05, 4.69) is 58.0 Å². The molecule has 1 rings (SSSR count). The molecule has 0 aliphatic heterocycles. The van der Waals surface area contributed by atoms with E-state index < -0.39 is 0 Å². The van der Waals surface area contributed by atoms with Crippen LogP contribution < -0.4 is 0 Å². The van der Waals surface area contributed by atoms with E-state index in [1.165, 1.54) is 19.3 Å². The Balaban J connectivity index is 2.69. The molecule has 0 N–H and O–H groups in total. The van der Waals surface area contributed by atoms with Crippen molar-refractivity contribution >= 4 is 6.21 Å². The van der Waals surface area contributed by atoms with Gasteiger partial charge in [-0.15, -0.1) is 0 Å². The van der Waals surface area contributed by atoms with Crippen molar-refractivity contribution in [1.29, 1.82) is 0 Å². The molecule has 0 heterocycles. The second-order valence-corrected chi connectivity index (χ2v) is 6.22. The van der Waals surface area contributed by atoms with Crippen LogP contribution in [0.5, 0.6) is 0 Å². The van der Waals surface area contributed by atoms with Crippen LogP contribution in [-0.2, 0) is 0 Å². The highest BCUT2D eigenvalue weighted by molar-refractivity contribution is 5.66. The third-order valence-electron chi connectivity index (χ3n) is 2.99. The van der Waals surface area contributed by atoms with Crippen molar-refractivity contribution in [3.05, 3.63) is 12.2 Å². The summed E-state index contributed by atoms with van der Waals surface area (Å²) in [4.78, 5) is 4.64.